The highest BCUT2D eigenvalue weighted by Gasteiger charge is 2.31. The van der Waals surface area contributed by atoms with Gasteiger partial charge in [0.25, 0.3) is 5.91 Å². The van der Waals surface area contributed by atoms with Crippen molar-refractivity contribution in [2.45, 2.75) is 12.3 Å². The van der Waals surface area contributed by atoms with Gasteiger partial charge >= 0.3 is 6.18 Å². The average molecular weight is 365 g/mol. The maximum Gasteiger partial charge on any atom is 0.416 e. The minimum Gasteiger partial charge on any atom is -0.491 e. The Bertz CT molecular complexity index is 732. The normalized spacial score (nSPS) is 17.8. The van der Waals surface area contributed by atoms with Crippen LogP contribution in [0.2, 0.25) is 0 Å². The number of hydrogen-bond donors (Lipinski definition) is 0. The zero-order valence-electron chi connectivity index (χ0n) is 13.9. The molecule has 7 heteroatoms. The van der Waals surface area contributed by atoms with Crippen LogP contribution in [0.25, 0.3) is 0 Å². The van der Waals surface area contributed by atoms with E-state index in [9.17, 15) is 18.0 Å². The Balaban J connectivity index is 1.59. The van der Waals surface area contributed by atoms with E-state index in [1.54, 1.807) is 4.90 Å². The molecular formula is C19H18F3NO3. The van der Waals surface area contributed by atoms with Crippen LogP contribution in [0.1, 0.15) is 15.9 Å². The number of nitrogens with zero attached hydrogens (tertiary/aromatic N) is 1. The van der Waals surface area contributed by atoms with Crippen molar-refractivity contribution < 1.29 is 27.4 Å². The van der Waals surface area contributed by atoms with Crippen molar-refractivity contribution in [3.63, 3.8) is 0 Å². The van der Waals surface area contributed by atoms with Gasteiger partial charge in [0.15, 0.2) is 0 Å². The predicted molar refractivity (Wildman–Crippen MR) is 89.0 cm³/mol. The van der Waals surface area contributed by atoms with E-state index in [2.05, 4.69) is 0 Å². The molecule has 0 N–H and O–H groups in total. The molecule has 0 spiro atoms. The summed E-state index contributed by atoms with van der Waals surface area (Å²) in [5.41, 5.74) is -0.548. The summed E-state index contributed by atoms with van der Waals surface area (Å²) in [7, 11) is 0. The highest BCUT2D eigenvalue weighted by Crippen LogP contribution is 2.29. The molecule has 0 bridgehead atoms. The van der Waals surface area contributed by atoms with E-state index in [0.717, 1.165) is 12.1 Å². The van der Waals surface area contributed by atoms with Crippen LogP contribution in [0.15, 0.2) is 54.6 Å². The van der Waals surface area contributed by atoms with Crippen LogP contribution < -0.4 is 4.74 Å². The summed E-state index contributed by atoms with van der Waals surface area (Å²) in [4.78, 5) is 14.1. The number of benzene rings is 2. The van der Waals surface area contributed by atoms with Gasteiger partial charge in [-0.1, -0.05) is 18.2 Å². The van der Waals surface area contributed by atoms with Crippen molar-refractivity contribution in [3.05, 3.63) is 65.7 Å². The van der Waals surface area contributed by atoms with Crippen molar-refractivity contribution in [1.29, 1.82) is 0 Å². The molecule has 0 unspecified atom stereocenters. The van der Waals surface area contributed by atoms with Crippen LogP contribution in [0.5, 0.6) is 5.75 Å². The van der Waals surface area contributed by atoms with E-state index in [1.165, 1.54) is 12.1 Å². The Hall–Kier alpha value is -2.54. The molecule has 2 aromatic rings. The summed E-state index contributed by atoms with van der Waals surface area (Å²) in [6.07, 6.45) is -4.71. The van der Waals surface area contributed by atoms with Gasteiger partial charge in [-0.05, 0) is 36.4 Å². The number of para-hydroxylation sites is 1. The van der Waals surface area contributed by atoms with E-state index < -0.39 is 11.7 Å². The highest BCUT2D eigenvalue weighted by atomic mass is 19.4. The maximum absolute atomic E-state index is 12.6. The summed E-state index contributed by atoms with van der Waals surface area (Å²) >= 11 is 0. The minimum absolute atomic E-state index is 0.225. The van der Waals surface area contributed by atoms with Crippen molar-refractivity contribution in [2.75, 3.05) is 26.3 Å². The number of ether oxygens (including phenoxy) is 2. The Morgan fingerprint density at radius 3 is 2.46 bits per heavy atom. The van der Waals surface area contributed by atoms with Gasteiger partial charge in [0.2, 0.25) is 0 Å². The van der Waals surface area contributed by atoms with Gasteiger partial charge in [0, 0.05) is 12.1 Å². The van der Waals surface area contributed by atoms with E-state index in [-0.39, 0.29) is 17.6 Å². The fraction of sp³-hybridized carbons (Fsp3) is 0.316. The lowest BCUT2D eigenvalue weighted by Gasteiger charge is -2.33. The zero-order chi connectivity index (χ0) is 18.6. The molecule has 1 aliphatic heterocycles. The molecule has 4 nitrogen and oxygen atoms in total. The van der Waals surface area contributed by atoms with E-state index >= 15 is 0 Å². The van der Waals surface area contributed by atoms with Gasteiger partial charge in [0.1, 0.15) is 18.5 Å². The lowest BCUT2D eigenvalue weighted by atomic mass is 10.1. The summed E-state index contributed by atoms with van der Waals surface area (Å²) in [5, 5.41) is 0. The molecule has 0 aliphatic carbocycles. The first-order chi connectivity index (χ1) is 12.4. The Morgan fingerprint density at radius 1 is 1.12 bits per heavy atom. The minimum atomic E-state index is -4.42. The molecule has 26 heavy (non-hydrogen) atoms. The Labute approximate surface area is 149 Å². The monoisotopic (exact) mass is 365 g/mol. The summed E-state index contributed by atoms with van der Waals surface area (Å²) in [6, 6.07) is 13.5. The molecule has 3 rings (SSSR count). The van der Waals surface area contributed by atoms with Crippen LogP contribution in [0.4, 0.5) is 13.2 Å². The molecule has 1 heterocycles. The van der Waals surface area contributed by atoms with Crippen molar-refractivity contribution in [3.8, 4) is 5.75 Å². The second-order valence-electron chi connectivity index (χ2n) is 5.94. The third-order valence-electron chi connectivity index (χ3n) is 4.06. The first-order valence-corrected chi connectivity index (χ1v) is 8.19. The SMILES string of the molecule is O=C(c1ccc(C(F)(F)F)cc1)N1CCO[C@@H](COc2ccccc2)C1. The highest BCUT2D eigenvalue weighted by molar-refractivity contribution is 5.94. The van der Waals surface area contributed by atoms with Crippen molar-refractivity contribution in [2.24, 2.45) is 0 Å². The van der Waals surface area contributed by atoms with Crippen LogP contribution in [-0.4, -0.2) is 43.2 Å². The molecule has 1 aliphatic rings. The second kappa shape index (κ2) is 7.78. The number of hydrogen-bond acceptors (Lipinski definition) is 3. The smallest absolute Gasteiger partial charge is 0.416 e. The Kier molecular flexibility index (Phi) is 5.46. The molecule has 138 valence electrons. The van der Waals surface area contributed by atoms with E-state index in [4.69, 9.17) is 9.47 Å². The number of carbonyl (C=O) groups is 1. The average Bonchev–Trinajstić information content (AvgIpc) is 2.66. The topological polar surface area (TPSA) is 38.8 Å². The zero-order valence-corrected chi connectivity index (χ0v) is 13.9. The largest absolute Gasteiger partial charge is 0.491 e. The third-order valence-corrected chi connectivity index (χ3v) is 4.06. The molecule has 0 saturated carbocycles. The Morgan fingerprint density at radius 2 is 1.81 bits per heavy atom. The van der Waals surface area contributed by atoms with Gasteiger partial charge < -0.3 is 14.4 Å². The van der Waals surface area contributed by atoms with Crippen LogP contribution in [-0.2, 0) is 10.9 Å². The number of amides is 1. The first-order valence-electron chi connectivity index (χ1n) is 8.19. The molecule has 1 saturated heterocycles. The van der Waals surface area contributed by atoms with Crippen LogP contribution in [0, 0.1) is 0 Å². The molecule has 1 amide bonds. The summed E-state index contributed by atoms with van der Waals surface area (Å²) in [5.74, 6) is 0.397. The number of morpholine rings is 1. The summed E-state index contributed by atoms with van der Waals surface area (Å²) in [6.45, 7) is 1.37. The maximum atomic E-state index is 12.6. The lowest BCUT2D eigenvalue weighted by Crippen LogP contribution is -2.47. The van der Waals surface area contributed by atoms with Crippen LogP contribution in [0.3, 0.4) is 0 Å². The van der Waals surface area contributed by atoms with Gasteiger partial charge in [0.05, 0.1) is 18.7 Å². The molecule has 0 radical (unpaired) electrons. The summed E-state index contributed by atoms with van der Waals surface area (Å²) < 4.78 is 49.1. The molecular weight excluding hydrogens is 347 g/mol. The number of halogens is 3. The third kappa shape index (κ3) is 4.54. The number of alkyl halides is 3. The molecule has 1 fully saturated rings. The molecule has 1 atom stereocenters. The number of rotatable bonds is 4. The van der Waals surface area contributed by atoms with Gasteiger partial charge in [-0.25, -0.2) is 0 Å². The van der Waals surface area contributed by atoms with E-state index in [0.29, 0.717) is 32.1 Å². The fourth-order valence-electron chi connectivity index (χ4n) is 2.69. The quantitative estimate of drug-likeness (QED) is 0.831. The number of carbonyl (C=O) groups excluding carboxylic acids is 1. The van der Waals surface area contributed by atoms with Gasteiger partial charge in [-0.15, -0.1) is 0 Å². The molecule has 2 aromatic carbocycles. The van der Waals surface area contributed by atoms with Crippen LogP contribution >= 0.6 is 0 Å². The van der Waals surface area contributed by atoms with Gasteiger partial charge in [-0.2, -0.15) is 13.2 Å². The first kappa shape index (κ1) is 18.3. The van der Waals surface area contributed by atoms with Crippen molar-refractivity contribution in [1.82, 2.24) is 4.90 Å². The second-order valence-corrected chi connectivity index (χ2v) is 5.94. The standard InChI is InChI=1S/C19H18F3NO3/c20-19(21,22)15-8-6-14(7-9-15)18(24)23-10-11-25-17(12-23)13-26-16-4-2-1-3-5-16/h1-9,17H,10-13H2/t17-/m1/s1. The molecule has 0 aromatic heterocycles. The fourth-order valence-corrected chi connectivity index (χ4v) is 2.69. The van der Waals surface area contributed by atoms with Gasteiger partial charge in [-0.3, -0.25) is 4.79 Å². The van der Waals surface area contributed by atoms with Crippen molar-refractivity contribution >= 4 is 5.91 Å². The predicted octanol–water partition coefficient (Wildman–Crippen LogP) is 3.63. The van der Waals surface area contributed by atoms with E-state index in [1.807, 2.05) is 30.3 Å². The lowest BCUT2D eigenvalue weighted by molar-refractivity contribution is -0.137.